The third-order valence-corrected chi connectivity index (χ3v) is 8.47. The van der Waals surface area contributed by atoms with Gasteiger partial charge in [0.15, 0.2) is 10.7 Å². The minimum absolute atomic E-state index is 0.188. The molecule has 2 aliphatic rings. The molecule has 2 aliphatic heterocycles. The minimum Gasteiger partial charge on any atom is -0.497 e. The molecule has 1 saturated heterocycles. The summed E-state index contributed by atoms with van der Waals surface area (Å²) in [7, 11) is 3.70. The zero-order chi connectivity index (χ0) is 29.2. The van der Waals surface area contributed by atoms with Gasteiger partial charge < -0.3 is 23.7 Å². The number of carbonyl (C=O) groups excluding carboxylic acids is 1. The zero-order valence-electron chi connectivity index (χ0n) is 23.8. The SMILES string of the molecule is CCOC(=O)C1=C(c2ccccc2)N=c2s/c(=C/c3ccc(N4CCN(C)CC4)o3)c(=O)n2C1c1cccc(OC)c1. The number of fused-ring (bicyclic) bond motifs is 1. The summed E-state index contributed by atoms with van der Waals surface area (Å²) in [6.45, 7) is 5.64. The van der Waals surface area contributed by atoms with E-state index in [9.17, 15) is 9.59 Å². The molecular formula is C32H32N4O5S. The number of benzene rings is 2. The second-order valence-corrected chi connectivity index (χ2v) is 11.2. The van der Waals surface area contributed by atoms with Gasteiger partial charge in [-0.3, -0.25) is 9.36 Å². The van der Waals surface area contributed by atoms with Gasteiger partial charge in [0.2, 0.25) is 0 Å². The lowest BCUT2D eigenvalue weighted by molar-refractivity contribution is -0.138. The van der Waals surface area contributed by atoms with E-state index in [-0.39, 0.29) is 12.2 Å². The zero-order valence-corrected chi connectivity index (χ0v) is 24.6. The van der Waals surface area contributed by atoms with Crippen molar-refractivity contribution in [3.63, 3.8) is 0 Å². The van der Waals surface area contributed by atoms with Crippen molar-refractivity contribution in [3.8, 4) is 5.75 Å². The number of aromatic nitrogens is 1. The van der Waals surface area contributed by atoms with E-state index in [1.165, 1.54) is 11.3 Å². The third-order valence-electron chi connectivity index (χ3n) is 7.48. The number of thiazole rings is 1. The molecule has 9 nitrogen and oxygen atoms in total. The van der Waals surface area contributed by atoms with Crippen molar-refractivity contribution in [2.45, 2.75) is 13.0 Å². The Hall–Kier alpha value is -4.41. The Morgan fingerprint density at radius 3 is 2.60 bits per heavy atom. The largest absolute Gasteiger partial charge is 0.497 e. The molecule has 42 heavy (non-hydrogen) atoms. The van der Waals surface area contributed by atoms with Crippen LogP contribution in [0.4, 0.5) is 5.88 Å². The lowest BCUT2D eigenvalue weighted by Crippen LogP contribution is -2.44. The number of esters is 1. The first-order valence-electron chi connectivity index (χ1n) is 13.9. The van der Waals surface area contributed by atoms with Gasteiger partial charge in [0.25, 0.3) is 5.56 Å². The van der Waals surface area contributed by atoms with Crippen molar-refractivity contribution in [1.29, 1.82) is 0 Å². The number of piperazine rings is 1. The maximum absolute atomic E-state index is 14.1. The molecular weight excluding hydrogens is 552 g/mol. The number of rotatable bonds is 7. The van der Waals surface area contributed by atoms with Crippen LogP contribution in [0.3, 0.4) is 0 Å². The third kappa shape index (κ3) is 5.31. The van der Waals surface area contributed by atoms with Crippen LogP contribution in [0.2, 0.25) is 0 Å². The summed E-state index contributed by atoms with van der Waals surface area (Å²) in [5.74, 6) is 1.46. The summed E-state index contributed by atoms with van der Waals surface area (Å²) >= 11 is 1.27. The number of anilines is 1. The monoisotopic (exact) mass is 584 g/mol. The van der Waals surface area contributed by atoms with E-state index >= 15 is 0 Å². The molecule has 0 amide bonds. The summed E-state index contributed by atoms with van der Waals surface area (Å²) in [4.78, 5) is 37.6. The molecule has 2 aromatic heterocycles. The van der Waals surface area contributed by atoms with Crippen molar-refractivity contribution in [1.82, 2.24) is 9.47 Å². The lowest BCUT2D eigenvalue weighted by atomic mass is 9.93. The highest BCUT2D eigenvalue weighted by Gasteiger charge is 2.35. The number of methoxy groups -OCH3 is 1. The van der Waals surface area contributed by atoms with Crippen LogP contribution in [0, 0.1) is 0 Å². The fraction of sp³-hybridized carbons (Fsp3) is 0.281. The second-order valence-electron chi connectivity index (χ2n) is 10.2. The first-order chi connectivity index (χ1) is 20.5. The number of carbonyl (C=O) groups is 1. The summed E-state index contributed by atoms with van der Waals surface area (Å²) in [6.07, 6.45) is 1.75. The van der Waals surface area contributed by atoms with Crippen LogP contribution in [0.25, 0.3) is 11.8 Å². The van der Waals surface area contributed by atoms with Gasteiger partial charge in [-0.2, -0.15) is 0 Å². The Bertz CT molecular complexity index is 1810. The molecule has 0 N–H and O–H groups in total. The Labute approximate surface area is 247 Å². The molecule has 2 aromatic carbocycles. The highest BCUT2D eigenvalue weighted by Crippen LogP contribution is 2.36. The van der Waals surface area contributed by atoms with Gasteiger partial charge in [0.05, 0.1) is 35.6 Å². The Kier molecular flexibility index (Phi) is 7.82. The molecule has 6 rings (SSSR count). The van der Waals surface area contributed by atoms with Crippen LogP contribution in [0.1, 0.15) is 29.9 Å². The van der Waals surface area contributed by atoms with Crippen molar-refractivity contribution in [2.75, 3.05) is 51.8 Å². The van der Waals surface area contributed by atoms with Gasteiger partial charge in [-0.1, -0.05) is 53.8 Å². The number of furan rings is 1. The van der Waals surface area contributed by atoms with Crippen LogP contribution in [0.5, 0.6) is 5.75 Å². The summed E-state index contributed by atoms with van der Waals surface area (Å²) in [6, 6.07) is 19.9. The van der Waals surface area contributed by atoms with Crippen LogP contribution in [0.15, 0.2) is 86.5 Å². The number of likely N-dealkylation sites (N-methyl/N-ethyl adjacent to an activating group) is 1. The van der Waals surface area contributed by atoms with Gasteiger partial charge in [0.1, 0.15) is 11.5 Å². The van der Waals surface area contributed by atoms with Gasteiger partial charge in [0, 0.05) is 43.9 Å². The molecule has 0 radical (unpaired) electrons. The predicted molar refractivity (Wildman–Crippen MR) is 162 cm³/mol. The Morgan fingerprint density at radius 1 is 1.07 bits per heavy atom. The van der Waals surface area contributed by atoms with Gasteiger partial charge >= 0.3 is 5.97 Å². The topological polar surface area (TPSA) is 89.5 Å². The molecule has 4 aromatic rings. The summed E-state index contributed by atoms with van der Waals surface area (Å²) in [5, 5.41) is 0. The Balaban J connectivity index is 1.52. The van der Waals surface area contributed by atoms with Crippen molar-refractivity contribution >= 4 is 35.0 Å². The maximum Gasteiger partial charge on any atom is 0.338 e. The molecule has 1 fully saturated rings. The van der Waals surface area contributed by atoms with E-state index in [2.05, 4.69) is 16.8 Å². The first-order valence-corrected chi connectivity index (χ1v) is 14.7. The number of ether oxygens (including phenoxy) is 2. The molecule has 10 heteroatoms. The first kappa shape index (κ1) is 27.7. The minimum atomic E-state index is -0.773. The fourth-order valence-corrected chi connectivity index (χ4v) is 6.29. The van der Waals surface area contributed by atoms with E-state index in [4.69, 9.17) is 18.9 Å². The van der Waals surface area contributed by atoms with Gasteiger partial charge in [-0.15, -0.1) is 0 Å². The van der Waals surface area contributed by atoms with Gasteiger partial charge in [-0.25, -0.2) is 9.79 Å². The smallest absolute Gasteiger partial charge is 0.338 e. The average Bonchev–Trinajstić information content (AvgIpc) is 3.61. The van der Waals surface area contributed by atoms with Crippen LogP contribution < -0.4 is 24.5 Å². The van der Waals surface area contributed by atoms with Crippen molar-refractivity contribution in [2.24, 2.45) is 4.99 Å². The normalized spacial score (nSPS) is 17.6. The van der Waals surface area contributed by atoms with E-state index < -0.39 is 12.0 Å². The molecule has 0 bridgehead atoms. The Morgan fingerprint density at radius 2 is 1.86 bits per heavy atom. The van der Waals surface area contributed by atoms with Gasteiger partial charge in [-0.05, 0) is 37.7 Å². The molecule has 0 aliphatic carbocycles. The summed E-state index contributed by atoms with van der Waals surface area (Å²) in [5.41, 5.74) is 1.98. The van der Waals surface area contributed by atoms with Crippen LogP contribution in [-0.4, -0.2) is 62.4 Å². The number of nitrogens with zero attached hydrogens (tertiary/aromatic N) is 4. The fourth-order valence-electron chi connectivity index (χ4n) is 5.31. The predicted octanol–water partition coefficient (Wildman–Crippen LogP) is 3.29. The van der Waals surface area contributed by atoms with E-state index in [1.54, 1.807) is 24.7 Å². The lowest BCUT2D eigenvalue weighted by Gasteiger charge is -2.32. The standard InChI is InChI=1S/C32H32N4O5S/c1-4-40-31(38)27-28(21-9-6-5-7-10-21)33-32-36(29(27)22-11-8-12-23(19-22)39-3)30(37)25(42-32)20-24-13-14-26(41-24)35-17-15-34(2)16-18-35/h5-14,19-20,29H,4,15-18H2,1-3H3/b25-20+. The molecule has 1 unspecified atom stereocenters. The summed E-state index contributed by atoms with van der Waals surface area (Å²) < 4.78 is 19.2. The molecule has 0 spiro atoms. The quantitative estimate of drug-likeness (QED) is 0.308. The van der Waals surface area contributed by atoms with E-state index in [0.29, 0.717) is 37.7 Å². The van der Waals surface area contributed by atoms with E-state index in [0.717, 1.165) is 37.6 Å². The van der Waals surface area contributed by atoms with Crippen LogP contribution in [-0.2, 0) is 9.53 Å². The maximum atomic E-state index is 14.1. The van der Waals surface area contributed by atoms with Crippen molar-refractivity contribution in [3.05, 3.63) is 109 Å². The molecule has 1 atom stereocenters. The van der Waals surface area contributed by atoms with Crippen molar-refractivity contribution < 1.29 is 18.7 Å². The molecule has 216 valence electrons. The highest BCUT2D eigenvalue weighted by molar-refractivity contribution is 7.07. The van der Waals surface area contributed by atoms with Crippen LogP contribution >= 0.6 is 11.3 Å². The molecule has 4 heterocycles. The second kappa shape index (κ2) is 11.8. The molecule has 0 saturated carbocycles. The average molecular weight is 585 g/mol. The number of hydrogen-bond acceptors (Lipinski definition) is 9. The number of hydrogen-bond donors (Lipinski definition) is 0. The highest BCUT2D eigenvalue weighted by atomic mass is 32.1. The van der Waals surface area contributed by atoms with E-state index in [1.807, 2.05) is 66.7 Å².